The van der Waals surface area contributed by atoms with E-state index in [2.05, 4.69) is 15.5 Å². The third-order valence-electron chi connectivity index (χ3n) is 4.70. The van der Waals surface area contributed by atoms with Crippen molar-refractivity contribution >= 4 is 23.3 Å². The Bertz CT molecular complexity index is 903. The van der Waals surface area contributed by atoms with Crippen LogP contribution >= 0.6 is 11.6 Å². The molecule has 1 fully saturated rings. The molecule has 0 atom stereocenters. The lowest BCUT2D eigenvalue weighted by Crippen LogP contribution is -2.40. The summed E-state index contributed by atoms with van der Waals surface area (Å²) < 4.78 is 5.47. The summed E-state index contributed by atoms with van der Waals surface area (Å²) >= 11 is 5.87. The number of anilines is 1. The van der Waals surface area contributed by atoms with Gasteiger partial charge in [-0.05, 0) is 37.1 Å². The minimum absolute atomic E-state index is 0.105. The van der Waals surface area contributed by atoms with Gasteiger partial charge in [-0.15, -0.1) is 0 Å². The van der Waals surface area contributed by atoms with E-state index in [0.29, 0.717) is 29.8 Å². The molecule has 0 bridgehead atoms. The maximum atomic E-state index is 12.4. The van der Waals surface area contributed by atoms with Crippen LogP contribution in [0.2, 0.25) is 5.02 Å². The third kappa shape index (κ3) is 4.11. The van der Waals surface area contributed by atoms with Crippen LogP contribution < -0.4 is 5.32 Å². The molecule has 3 aromatic rings. The fraction of sp³-hybridized carbons (Fsp3) is 0.250. The van der Waals surface area contributed by atoms with Gasteiger partial charge in [0.15, 0.2) is 0 Å². The van der Waals surface area contributed by atoms with Gasteiger partial charge < -0.3 is 14.7 Å². The zero-order chi connectivity index (χ0) is 18.6. The first-order valence-corrected chi connectivity index (χ1v) is 9.27. The molecule has 0 spiro atoms. The van der Waals surface area contributed by atoms with E-state index in [1.54, 1.807) is 29.2 Å². The second-order valence-corrected chi connectivity index (χ2v) is 6.96. The largest absolute Gasteiger partial charge is 0.339 e. The Kier molecular flexibility index (Phi) is 5.07. The van der Waals surface area contributed by atoms with Crippen LogP contribution in [0.4, 0.5) is 10.5 Å². The van der Waals surface area contributed by atoms with Crippen molar-refractivity contribution in [1.29, 1.82) is 0 Å². The molecule has 1 aliphatic rings. The fourth-order valence-electron chi connectivity index (χ4n) is 3.17. The van der Waals surface area contributed by atoms with Crippen molar-refractivity contribution in [3.63, 3.8) is 0 Å². The van der Waals surface area contributed by atoms with E-state index >= 15 is 0 Å². The molecule has 6 nitrogen and oxygen atoms in total. The molecule has 138 valence electrons. The molecule has 7 heteroatoms. The normalized spacial score (nSPS) is 14.9. The lowest BCUT2D eigenvalue weighted by Gasteiger charge is -2.30. The van der Waals surface area contributed by atoms with Gasteiger partial charge in [-0.25, -0.2) is 4.79 Å². The van der Waals surface area contributed by atoms with Gasteiger partial charge in [0.25, 0.3) is 0 Å². The van der Waals surface area contributed by atoms with E-state index < -0.39 is 0 Å². The number of hydrogen-bond donors (Lipinski definition) is 1. The number of amides is 2. The van der Waals surface area contributed by atoms with E-state index in [1.165, 1.54) is 0 Å². The molecule has 0 radical (unpaired) electrons. The van der Waals surface area contributed by atoms with Crippen molar-refractivity contribution in [3.05, 3.63) is 65.5 Å². The van der Waals surface area contributed by atoms with Crippen LogP contribution in [0.3, 0.4) is 0 Å². The summed E-state index contributed by atoms with van der Waals surface area (Å²) in [5, 5.41) is 7.63. The average molecular weight is 383 g/mol. The van der Waals surface area contributed by atoms with E-state index in [9.17, 15) is 4.79 Å². The highest BCUT2D eigenvalue weighted by Crippen LogP contribution is 2.28. The molecule has 2 aromatic carbocycles. The van der Waals surface area contributed by atoms with Gasteiger partial charge in [-0.2, -0.15) is 4.98 Å². The Labute approximate surface area is 162 Å². The second-order valence-electron chi connectivity index (χ2n) is 6.52. The number of hydrogen-bond acceptors (Lipinski definition) is 4. The van der Waals surface area contributed by atoms with Crippen LogP contribution in [0.25, 0.3) is 11.4 Å². The van der Waals surface area contributed by atoms with Crippen LogP contribution in [-0.2, 0) is 0 Å². The van der Waals surface area contributed by atoms with E-state index in [0.717, 1.165) is 24.1 Å². The lowest BCUT2D eigenvalue weighted by atomic mass is 9.97. The summed E-state index contributed by atoms with van der Waals surface area (Å²) in [5.41, 5.74) is 1.67. The van der Waals surface area contributed by atoms with Crippen molar-refractivity contribution in [2.24, 2.45) is 0 Å². The topological polar surface area (TPSA) is 71.3 Å². The average Bonchev–Trinajstić information content (AvgIpc) is 3.21. The minimum atomic E-state index is -0.105. The molecule has 1 aromatic heterocycles. The standard InChI is InChI=1S/C20H19ClN4O2/c21-16-6-8-17(9-7-16)22-20(26)25-12-10-15(11-13-25)19-23-18(24-27-19)14-4-2-1-3-5-14/h1-9,15H,10-13H2,(H,22,26). The molecule has 1 N–H and O–H groups in total. The molecule has 0 saturated carbocycles. The molecule has 1 aliphatic heterocycles. The Morgan fingerprint density at radius 3 is 2.48 bits per heavy atom. The first-order chi connectivity index (χ1) is 13.2. The van der Waals surface area contributed by atoms with Gasteiger partial charge in [0.2, 0.25) is 11.7 Å². The fourth-order valence-corrected chi connectivity index (χ4v) is 3.30. The maximum absolute atomic E-state index is 12.4. The van der Waals surface area contributed by atoms with Crippen molar-refractivity contribution < 1.29 is 9.32 Å². The van der Waals surface area contributed by atoms with Crippen LogP contribution in [0, 0.1) is 0 Å². The second kappa shape index (κ2) is 7.80. The van der Waals surface area contributed by atoms with E-state index in [1.807, 2.05) is 30.3 Å². The summed E-state index contributed by atoms with van der Waals surface area (Å²) in [6.07, 6.45) is 1.59. The Hall–Kier alpha value is -2.86. The zero-order valence-electron chi connectivity index (χ0n) is 14.6. The van der Waals surface area contributed by atoms with Gasteiger partial charge in [-0.3, -0.25) is 0 Å². The van der Waals surface area contributed by atoms with Gasteiger partial charge in [-0.1, -0.05) is 47.1 Å². The summed E-state index contributed by atoms with van der Waals surface area (Å²) in [6.45, 7) is 1.29. The van der Waals surface area contributed by atoms with Crippen LogP contribution in [0.1, 0.15) is 24.7 Å². The monoisotopic (exact) mass is 382 g/mol. The highest BCUT2D eigenvalue weighted by molar-refractivity contribution is 6.30. The summed E-state index contributed by atoms with van der Waals surface area (Å²) in [7, 11) is 0. The predicted molar refractivity (Wildman–Crippen MR) is 104 cm³/mol. The number of halogens is 1. The number of urea groups is 1. The van der Waals surface area contributed by atoms with Crippen molar-refractivity contribution in [1.82, 2.24) is 15.0 Å². The van der Waals surface area contributed by atoms with Gasteiger partial charge >= 0.3 is 6.03 Å². The van der Waals surface area contributed by atoms with Gasteiger partial charge in [0, 0.05) is 35.3 Å². The molecule has 2 amide bonds. The number of nitrogens with one attached hydrogen (secondary N) is 1. The third-order valence-corrected chi connectivity index (χ3v) is 4.95. The number of carbonyl (C=O) groups is 1. The number of piperidine rings is 1. The van der Waals surface area contributed by atoms with Gasteiger partial charge in [0.1, 0.15) is 0 Å². The van der Waals surface area contributed by atoms with E-state index in [4.69, 9.17) is 16.1 Å². The Morgan fingerprint density at radius 2 is 1.78 bits per heavy atom. The summed E-state index contributed by atoms with van der Waals surface area (Å²) in [5.74, 6) is 1.43. The predicted octanol–water partition coefficient (Wildman–Crippen LogP) is 4.80. The zero-order valence-corrected chi connectivity index (χ0v) is 15.4. The molecular formula is C20H19ClN4O2. The number of rotatable bonds is 3. The Morgan fingerprint density at radius 1 is 1.07 bits per heavy atom. The maximum Gasteiger partial charge on any atom is 0.321 e. The number of benzene rings is 2. The molecule has 0 aliphatic carbocycles. The van der Waals surface area contributed by atoms with Crippen molar-refractivity contribution in [2.45, 2.75) is 18.8 Å². The Balaban J connectivity index is 1.34. The lowest BCUT2D eigenvalue weighted by molar-refractivity contribution is 0.187. The smallest absolute Gasteiger partial charge is 0.321 e. The first-order valence-electron chi connectivity index (χ1n) is 8.89. The summed E-state index contributed by atoms with van der Waals surface area (Å²) in [4.78, 5) is 18.8. The van der Waals surface area contributed by atoms with Crippen molar-refractivity contribution in [3.8, 4) is 11.4 Å². The van der Waals surface area contributed by atoms with Gasteiger partial charge in [0.05, 0.1) is 0 Å². The molecule has 2 heterocycles. The number of nitrogens with zero attached hydrogens (tertiary/aromatic N) is 3. The summed E-state index contributed by atoms with van der Waals surface area (Å²) in [6, 6.07) is 16.7. The number of aromatic nitrogens is 2. The molecule has 27 heavy (non-hydrogen) atoms. The van der Waals surface area contributed by atoms with E-state index in [-0.39, 0.29) is 11.9 Å². The highest BCUT2D eigenvalue weighted by atomic mass is 35.5. The van der Waals surface area contributed by atoms with Crippen LogP contribution in [0.15, 0.2) is 59.1 Å². The van der Waals surface area contributed by atoms with Crippen LogP contribution in [-0.4, -0.2) is 34.2 Å². The number of carbonyl (C=O) groups excluding carboxylic acids is 1. The highest BCUT2D eigenvalue weighted by Gasteiger charge is 2.27. The SMILES string of the molecule is O=C(Nc1ccc(Cl)cc1)N1CCC(c2nc(-c3ccccc3)no2)CC1. The first kappa shape index (κ1) is 17.5. The molecule has 0 unspecified atom stereocenters. The van der Waals surface area contributed by atoms with Crippen LogP contribution in [0.5, 0.6) is 0 Å². The molecule has 1 saturated heterocycles. The van der Waals surface area contributed by atoms with Crippen molar-refractivity contribution in [2.75, 3.05) is 18.4 Å². The number of likely N-dealkylation sites (tertiary alicyclic amines) is 1. The quantitative estimate of drug-likeness (QED) is 0.706. The molecule has 4 rings (SSSR count). The minimum Gasteiger partial charge on any atom is -0.339 e. The molecular weight excluding hydrogens is 364 g/mol.